The summed E-state index contributed by atoms with van der Waals surface area (Å²) in [7, 11) is 0. The molecule has 1 aromatic heterocycles. The molecule has 0 saturated carbocycles. The maximum Gasteiger partial charge on any atom is 0.126 e. The van der Waals surface area contributed by atoms with E-state index in [0.717, 1.165) is 0 Å². The average molecular weight is 177 g/mol. The number of rotatable bonds is 3. The SMILES string of the molecule is CC(O)CNc1ccc(C#N)cn1. The van der Waals surface area contributed by atoms with Crippen LogP contribution in [0.3, 0.4) is 0 Å². The number of aliphatic hydroxyl groups is 1. The lowest BCUT2D eigenvalue weighted by molar-refractivity contribution is 0.208. The molecule has 0 saturated heterocycles. The Bertz CT molecular complexity index is 300. The first-order chi connectivity index (χ1) is 6.22. The molecule has 2 N–H and O–H groups in total. The van der Waals surface area contributed by atoms with E-state index in [1.807, 2.05) is 6.07 Å². The molecule has 4 nitrogen and oxygen atoms in total. The standard InChI is InChI=1S/C9H11N3O/c1-7(13)5-11-9-3-2-8(4-10)6-12-9/h2-3,6-7,13H,5H2,1H3,(H,11,12). The van der Waals surface area contributed by atoms with Crippen molar-refractivity contribution in [2.75, 3.05) is 11.9 Å². The van der Waals surface area contributed by atoms with Gasteiger partial charge in [0.15, 0.2) is 0 Å². The Morgan fingerprint density at radius 2 is 2.46 bits per heavy atom. The van der Waals surface area contributed by atoms with Crippen molar-refractivity contribution in [2.45, 2.75) is 13.0 Å². The van der Waals surface area contributed by atoms with Gasteiger partial charge in [0.05, 0.1) is 11.7 Å². The van der Waals surface area contributed by atoms with Crippen LogP contribution in [0.1, 0.15) is 12.5 Å². The summed E-state index contributed by atoms with van der Waals surface area (Å²) in [4.78, 5) is 3.98. The van der Waals surface area contributed by atoms with Crippen LogP contribution in [0.4, 0.5) is 5.82 Å². The van der Waals surface area contributed by atoms with Crippen molar-refractivity contribution in [2.24, 2.45) is 0 Å². The van der Waals surface area contributed by atoms with Crippen LogP contribution >= 0.6 is 0 Å². The fourth-order valence-corrected chi connectivity index (χ4v) is 0.817. The zero-order chi connectivity index (χ0) is 9.68. The predicted molar refractivity (Wildman–Crippen MR) is 49.1 cm³/mol. The Labute approximate surface area is 76.8 Å². The maximum absolute atomic E-state index is 8.97. The maximum atomic E-state index is 8.97. The highest BCUT2D eigenvalue weighted by Crippen LogP contribution is 2.03. The van der Waals surface area contributed by atoms with Gasteiger partial charge in [-0.1, -0.05) is 0 Å². The van der Waals surface area contributed by atoms with Gasteiger partial charge < -0.3 is 10.4 Å². The minimum absolute atomic E-state index is 0.405. The van der Waals surface area contributed by atoms with E-state index in [-0.39, 0.29) is 0 Å². The van der Waals surface area contributed by atoms with Crippen LogP contribution in [0.25, 0.3) is 0 Å². The van der Waals surface area contributed by atoms with Crippen molar-refractivity contribution in [1.29, 1.82) is 5.26 Å². The molecule has 0 aliphatic carbocycles. The monoisotopic (exact) mass is 177 g/mol. The second-order valence-electron chi connectivity index (χ2n) is 2.77. The Balaban J connectivity index is 2.55. The number of nitrogens with one attached hydrogen (secondary N) is 1. The summed E-state index contributed by atoms with van der Waals surface area (Å²) in [5.41, 5.74) is 0.530. The first-order valence-electron chi connectivity index (χ1n) is 4.00. The Morgan fingerprint density at radius 3 is 2.92 bits per heavy atom. The number of anilines is 1. The fourth-order valence-electron chi connectivity index (χ4n) is 0.817. The lowest BCUT2D eigenvalue weighted by atomic mass is 10.3. The molecule has 1 heterocycles. The zero-order valence-corrected chi connectivity index (χ0v) is 7.36. The highest BCUT2D eigenvalue weighted by Gasteiger charge is 1.96. The number of pyridine rings is 1. The quantitative estimate of drug-likeness (QED) is 0.714. The molecular weight excluding hydrogens is 166 g/mol. The van der Waals surface area contributed by atoms with E-state index in [1.54, 1.807) is 19.1 Å². The van der Waals surface area contributed by atoms with E-state index in [4.69, 9.17) is 10.4 Å². The number of hydrogen-bond donors (Lipinski definition) is 2. The molecule has 1 aromatic rings. The van der Waals surface area contributed by atoms with E-state index >= 15 is 0 Å². The second kappa shape index (κ2) is 4.43. The summed E-state index contributed by atoms with van der Waals surface area (Å²) < 4.78 is 0. The summed E-state index contributed by atoms with van der Waals surface area (Å²) in [5.74, 6) is 0.667. The van der Waals surface area contributed by atoms with Crippen molar-refractivity contribution in [1.82, 2.24) is 4.98 Å². The largest absolute Gasteiger partial charge is 0.392 e. The van der Waals surface area contributed by atoms with Crippen LogP contribution in [0.2, 0.25) is 0 Å². The molecule has 0 aliphatic heterocycles. The van der Waals surface area contributed by atoms with Gasteiger partial charge in [0, 0.05) is 12.7 Å². The van der Waals surface area contributed by atoms with Crippen LogP contribution < -0.4 is 5.32 Å². The predicted octanol–water partition coefficient (Wildman–Crippen LogP) is 0.746. The molecule has 0 aromatic carbocycles. The summed E-state index contributed by atoms with van der Waals surface area (Å²) in [6.07, 6.45) is 1.09. The van der Waals surface area contributed by atoms with E-state index in [9.17, 15) is 0 Å². The van der Waals surface area contributed by atoms with E-state index in [2.05, 4.69) is 10.3 Å². The molecule has 13 heavy (non-hydrogen) atoms. The summed E-state index contributed by atoms with van der Waals surface area (Å²) in [5, 5.41) is 20.4. The molecule has 0 spiro atoms. The molecule has 68 valence electrons. The number of aliphatic hydroxyl groups excluding tert-OH is 1. The molecule has 0 fully saturated rings. The van der Waals surface area contributed by atoms with Gasteiger partial charge in [0.1, 0.15) is 11.9 Å². The van der Waals surface area contributed by atoms with Gasteiger partial charge in [-0.05, 0) is 19.1 Å². The summed E-state index contributed by atoms with van der Waals surface area (Å²) >= 11 is 0. The van der Waals surface area contributed by atoms with Gasteiger partial charge >= 0.3 is 0 Å². The molecule has 1 rings (SSSR count). The zero-order valence-electron chi connectivity index (χ0n) is 7.36. The number of nitrogens with zero attached hydrogens (tertiary/aromatic N) is 2. The topological polar surface area (TPSA) is 68.9 Å². The Morgan fingerprint density at radius 1 is 1.69 bits per heavy atom. The number of hydrogen-bond acceptors (Lipinski definition) is 4. The molecule has 4 heteroatoms. The Hall–Kier alpha value is -1.60. The number of aromatic nitrogens is 1. The van der Waals surface area contributed by atoms with Crippen LogP contribution in [0, 0.1) is 11.3 Å². The minimum Gasteiger partial charge on any atom is -0.392 e. The molecule has 0 aliphatic rings. The molecule has 0 radical (unpaired) electrons. The van der Waals surface area contributed by atoms with Crippen molar-refractivity contribution in [3.8, 4) is 6.07 Å². The normalized spacial score (nSPS) is 11.8. The molecule has 1 unspecified atom stereocenters. The third-order valence-electron chi connectivity index (χ3n) is 1.47. The molecular formula is C9H11N3O. The van der Waals surface area contributed by atoms with E-state index in [0.29, 0.717) is 17.9 Å². The molecule has 1 atom stereocenters. The van der Waals surface area contributed by atoms with Crippen LogP contribution in [-0.2, 0) is 0 Å². The highest BCUT2D eigenvalue weighted by molar-refractivity contribution is 5.38. The second-order valence-corrected chi connectivity index (χ2v) is 2.77. The fraction of sp³-hybridized carbons (Fsp3) is 0.333. The van der Waals surface area contributed by atoms with Crippen molar-refractivity contribution >= 4 is 5.82 Å². The smallest absolute Gasteiger partial charge is 0.126 e. The summed E-state index contributed by atoms with van der Waals surface area (Å²) in [6.45, 7) is 2.15. The minimum atomic E-state index is -0.405. The number of nitriles is 1. The molecule has 0 amide bonds. The third kappa shape index (κ3) is 3.09. The van der Waals surface area contributed by atoms with Crippen molar-refractivity contribution in [3.05, 3.63) is 23.9 Å². The van der Waals surface area contributed by atoms with Gasteiger partial charge in [0.2, 0.25) is 0 Å². The average Bonchev–Trinajstić information content (AvgIpc) is 2.15. The van der Waals surface area contributed by atoms with Gasteiger partial charge in [0.25, 0.3) is 0 Å². The van der Waals surface area contributed by atoms with Crippen LogP contribution in [0.15, 0.2) is 18.3 Å². The van der Waals surface area contributed by atoms with Gasteiger partial charge in [-0.15, -0.1) is 0 Å². The lowest BCUT2D eigenvalue weighted by Gasteiger charge is -2.06. The third-order valence-corrected chi connectivity index (χ3v) is 1.47. The van der Waals surface area contributed by atoms with Gasteiger partial charge in [-0.3, -0.25) is 0 Å². The van der Waals surface area contributed by atoms with E-state index < -0.39 is 6.10 Å². The van der Waals surface area contributed by atoms with Gasteiger partial charge in [-0.25, -0.2) is 4.98 Å². The molecule has 0 bridgehead atoms. The van der Waals surface area contributed by atoms with Gasteiger partial charge in [-0.2, -0.15) is 5.26 Å². The highest BCUT2D eigenvalue weighted by atomic mass is 16.3. The first-order valence-corrected chi connectivity index (χ1v) is 4.00. The van der Waals surface area contributed by atoms with Crippen LogP contribution in [0.5, 0.6) is 0 Å². The summed E-state index contributed by atoms with van der Waals surface area (Å²) in [6, 6.07) is 5.37. The van der Waals surface area contributed by atoms with Crippen LogP contribution in [-0.4, -0.2) is 22.7 Å². The van der Waals surface area contributed by atoms with Crippen molar-refractivity contribution in [3.63, 3.8) is 0 Å². The Kier molecular flexibility index (Phi) is 3.23. The first kappa shape index (κ1) is 9.49. The van der Waals surface area contributed by atoms with E-state index in [1.165, 1.54) is 6.20 Å². The van der Waals surface area contributed by atoms with Crippen molar-refractivity contribution < 1.29 is 5.11 Å². The lowest BCUT2D eigenvalue weighted by Crippen LogP contribution is -2.15.